The van der Waals surface area contributed by atoms with Crippen molar-refractivity contribution in [1.82, 2.24) is 0 Å². The molecule has 0 aromatic heterocycles. The standard InChI is InChI=1S/C18H29Cl3N4O6/c1-4-6-8-27-14-12(10-29-11(3)26)30-16(31-17(22)18(19,20)21)13(24-25-23)15(14)28-9-7-5-2/h12-16,22H,4-10H2,1-3H3/t12?,13-,14+,15?,16-/m0/s1. The lowest BCUT2D eigenvalue weighted by Gasteiger charge is -2.44. The van der Waals surface area contributed by atoms with E-state index in [4.69, 9.17) is 69.4 Å². The summed E-state index contributed by atoms with van der Waals surface area (Å²) >= 11 is 17.1. The van der Waals surface area contributed by atoms with Gasteiger partial charge < -0.3 is 23.7 Å². The molecular weight excluding hydrogens is 475 g/mol. The predicted molar refractivity (Wildman–Crippen MR) is 117 cm³/mol. The van der Waals surface area contributed by atoms with Gasteiger partial charge in [-0.1, -0.05) is 66.6 Å². The molecule has 0 spiro atoms. The van der Waals surface area contributed by atoms with E-state index in [9.17, 15) is 4.79 Å². The average Bonchev–Trinajstić information content (AvgIpc) is 2.69. The van der Waals surface area contributed by atoms with Crippen LogP contribution in [0, 0.1) is 5.41 Å². The Morgan fingerprint density at radius 1 is 1.16 bits per heavy atom. The second kappa shape index (κ2) is 14.2. The third-order valence-electron chi connectivity index (χ3n) is 4.36. The van der Waals surface area contributed by atoms with E-state index in [-0.39, 0.29) is 6.61 Å². The van der Waals surface area contributed by atoms with Gasteiger partial charge in [0.15, 0.2) is 0 Å². The summed E-state index contributed by atoms with van der Waals surface area (Å²) in [5.41, 5.74) is 9.11. The van der Waals surface area contributed by atoms with Crippen molar-refractivity contribution in [2.45, 2.75) is 80.9 Å². The largest absolute Gasteiger partial charge is 0.463 e. The molecule has 10 nitrogen and oxygen atoms in total. The van der Waals surface area contributed by atoms with Crippen molar-refractivity contribution in [3.8, 4) is 0 Å². The Bertz CT molecular complexity index is 630. The monoisotopic (exact) mass is 502 g/mol. The SMILES string of the molecule is CCCCOC1[C@H](OCCCC)C(COC(C)=O)O[C@@H](OC(=N)C(Cl)(Cl)Cl)[C@H]1N=[N+]=[N-]. The minimum Gasteiger partial charge on any atom is -0.463 e. The van der Waals surface area contributed by atoms with Crippen LogP contribution in [0.4, 0.5) is 0 Å². The van der Waals surface area contributed by atoms with Crippen molar-refractivity contribution in [2.75, 3.05) is 19.8 Å². The molecule has 0 radical (unpaired) electrons. The van der Waals surface area contributed by atoms with Crippen molar-refractivity contribution >= 4 is 46.7 Å². The van der Waals surface area contributed by atoms with Crippen LogP contribution in [0.25, 0.3) is 10.4 Å². The van der Waals surface area contributed by atoms with E-state index in [1.54, 1.807) is 0 Å². The van der Waals surface area contributed by atoms with E-state index in [0.29, 0.717) is 13.2 Å². The first kappa shape index (κ1) is 28.0. The van der Waals surface area contributed by atoms with Gasteiger partial charge in [0, 0.05) is 25.0 Å². The summed E-state index contributed by atoms with van der Waals surface area (Å²) in [5.74, 6) is -1.23. The maximum atomic E-state index is 11.4. The van der Waals surface area contributed by atoms with Gasteiger partial charge in [-0.2, -0.15) is 0 Å². The van der Waals surface area contributed by atoms with Gasteiger partial charge in [0.1, 0.15) is 31.0 Å². The maximum absolute atomic E-state index is 11.4. The summed E-state index contributed by atoms with van der Waals surface area (Å²) < 4.78 is 26.2. The molecule has 1 aliphatic heterocycles. The Morgan fingerprint density at radius 2 is 1.74 bits per heavy atom. The number of unbranched alkanes of at least 4 members (excludes halogenated alkanes) is 2. The summed E-state index contributed by atoms with van der Waals surface area (Å²) in [5, 5.41) is 11.6. The number of hydrogen-bond donors (Lipinski definition) is 1. The maximum Gasteiger partial charge on any atom is 0.302 e. The lowest BCUT2D eigenvalue weighted by Crippen LogP contribution is -2.61. The minimum absolute atomic E-state index is 0.163. The van der Waals surface area contributed by atoms with Gasteiger partial charge in [-0.25, -0.2) is 0 Å². The fourth-order valence-corrected chi connectivity index (χ4v) is 2.94. The molecule has 0 saturated carbocycles. The lowest BCUT2D eigenvalue weighted by atomic mass is 9.96. The van der Waals surface area contributed by atoms with Crippen LogP contribution in [0.5, 0.6) is 0 Å². The highest BCUT2D eigenvalue weighted by Crippen LogP contribution is 2.33. The first-order valence-electron chi connectivity index (χ1n) is 10.0. The highest BCUT2D eigenvalue weighted by Gasteiger charge is 2.50. The molecule has 1 rings (SSSR count). The Kier molecular flexibility index (Phi) is 12.9. The van der Waals surface area contributed by atoms with Crippen LogP contribution in [0.2, 0.25) is 0 Å². The molecule has 178 valence electrons. The van der Waals surface area contributed by atoms with Gasteiger partial charge in [-0.15, -0.1) is 0 Å². The summed E-state index contributed by atoms with van der Waals surface area (Å²) in [6.45, 7) is 5.88. The number of nitrogens with zero attached hydrogens (tertiary/aromatic N) is 3. The molecule has 0 aromatic carbocycles. The molecule has 2 unspecified atom stereocenters. The van der Waals surface area contributed by atoms with Crippen LogP contribution in [-0.4, -0.2) is 66.1 Å². The molecule has 1 fully saturated rings. The fourth-order valence-electron chi connectivity index (χ4n) is 2.81. The van der Waals surface area contributed by atoms with E-state index in [2.05, 4.69) is 10.0 Å². The number of halogens is 3. The number of carbonyl (C=O) groups is 1. The molecule has 1 N–H and O–H groups in total. The topological polar surface area (TPSA) is 136 Å². The molecule has 5 atom stereocenters. The molecule has 1 heterocycles. The van der Waals surface area contributed by atoms with E-state index in [1.807, 2.05) is 13.8 Å². The van der Waals surface area contributed by atoms with E-state index in [1.165, 1.54) is 6.92 Å². The van der Waals surface area contributed by atoms with Gasteiger partial charge in [-0.3, -0.25) is 10.2 Å². The van der Waals surface area contributed by atoms with Gasteiger partial charge in [0.2, 0.25) is 12.2 Å². The number of carbonyl (C=O) groups excluding carboxylic acids is 1. The van der Waals surface area contributed by atoms with E-state index in [0.717, 1.165) is 25.7 Å². The third-order valence-corrected chi connectivity index (χ3v) is 4.87. The quantitative estimate of drug-likeness (QED) is 0.0599. The molecular formula is C18H29Cl3N4O6. The summed E-state index contributed by atoms with van der Waals surface area (Å²) in [6.07, 6.45) is -0.361. The van der Waals surface area contributed by atoms with E-state index >= 15 is 0 Å². The Hall–Kier alpha value is -1.00. The van der Waals surface area contributed by atoms with Crippen LogP contribution in [-0.2, 0) is 28.5 Å². The number of azide groups is 1. The van der Waals surface area contributed by atoms with Crippen LogP contribution in [0.15, 0.2) is 5.11 Å². The Morgan fingerprint density at radius 3 is 2.23 bits per heavy atom. The smallest absolute Gasteiger partial charge is 0.302 e. The molecule has 0 aromatic rings. The van der Waals surface area contributed by atoms with Crippen molar-refractivity contribution in [1.29, 1.82) is 5.41 Å². The van der Waals surface area contributed by atoms with Crippen molar-refractivity contribution < 1.29 is 28.5 Å². The van der Waals surface area contributed by atoms with Crippen molar-refractivity contribution in [3.05, 3.63) is 10.4 Å². The molecule has 0 amide bonds. The number of rotatable bonds is 12. The van der Waals surface area contributed by atoms with Crippen molar-refractivity contribution in [3.63, 3.8) is 0 Å². The molecule has 13 heteroatoms. The average molecular weight is 504 g/mol. The summed E-state index contributed by atoms with van der Waals surface area (Å²) in [7, 11) is 0. The predicted octanol–water partition coefficient (Wildman–Crippen LogP) is 4.69. The fraction of sp³-hybridized carbons (Fsp3) is 0.889. The Labute approximate surface area is 196 Å². The minimum atomic E-state index is -2.15. The number of ether oxygens (including phenoxy) is 5. The van der Waals surface area contributed by atoms with Crippen LogP contribution < -0.4 is 0 Å². The summed E-state index contributed by atoms with van der Waals surface area (Å²) in [6, 6.07) is -1.05. The van der Waals surface area contributed by atoms with E-state index < -0.39 is 46.3 Å². The van der Waals surface area contributed by atoms with Gasteiger partial charge in [0.25, 0.3) is 3.79 Å². The highest BCUT2D eigenvalue weighted by molar-refractivity contribution is 6.76. The molecule has 0 bridgehead atoms. The van der Waals surface area contributed by atoms with Crippen LogP contribution in [0.1, 0.15) is 46.5 Å². The first-order valence-corrected chi connectivity index (χ1v) is 11.2. The van der Waals surface area contributed by atoms with Gasteiger partial charge >= 0.3 is 5.97 Å². The zero-order chi connectivity index (χ0) is 23.4. The number of hydrogen-bond acceptors (Lipinski definition) is 8. The third kappa shape index (κ3) is 9.57. The second-order valence-electron chi connectivity index (χ2n) is 6.86. The number of nitrogens with one attached hydrogen (secondary N) is 1. The van der Waals surface area contributed by atoms with Crippen LogP contribution >= 0.6 is 34.8 Å². The normalized spacial score (nSPS) is 26.1. The molecule has 1 aliphatic rings. The van der Waals surface area contributed by atoms with Gasteiger partial charge in [-0.05, 0) is 18.4 Å². The Balaban J connectivity index is 3.24. The van der Waals surface area contributed by atoms with Crippen LogP contribution in [0.3, 0.4) is 0 Å². The molecule has 0 aliphatic carbocycles. The zero-order valence-corrected chi connectivity index (χ0v) is 20.0. The first-order chi connectivity index (χ1) is 14.6. The van der Waals surface area contributed by atoms with Crippen molar-refractivity contribution in [2.24, 2.45) is 5.11 Å². The highest BCUT2D eigenvalue weighted by atomic mass is 35.6. The number of alkyl halides is 3. The zero-order valence-electron chi connectivity index (χ0n) is 17.8. The second-order valence-corrected chi connectivity index (χ2v) is 9.14. The molecule has 31 heavy (non-hydrogen) atoms. The lowest BCUT2D eigenvalue weighted by molar-refractivity contribution is -0.264. The van der Waals surface area contributed by atoms with Gasteiger partial charge in [0.05, 0.1) is 0 Å². The summed E-state index contributed by atoms with van der Waals surface area (Å²) in [4.78, 5) is 14.2. The molecule has 1 saturated heterocycles. The number of esters is 1.